The van der Waals surface area contributed by atoms with E-state index in [1.807, 2.05) is 24.3 Å². The van der Waals surface area contributed by atoms with E-state index in [1.165, 1.54) is 44.9 Å². The minimum Gasteiger partial charge on any atom is -0.508 e. The van der Waals surface area contributed by atoms with Gasteiger partial charge in [-0.05, 0) is 37.3 Å². The Bertz CT molecular complexity index is 369. The Kier molecular flexibility index (Phi) is 10.5. The van der Waals surface area contributed by atoms with Crippen molar-refractivity contribution in [1.82, 2.24) is 0 Å². The van der Waals surface area contributed by atoms with Crippen LogP contribution in [0.4, 0.5) is 0 Å². The monoisotopic (exact) mass is 290 g/mol. The summed E-state index contributed by atoms with van der Waals surface area (Å²) in [7, 11) is 0. The maximum atomic E-state index is 9.63. The summed E-state index contributed by atoms with van der Waals surface area (Å²) in [5, 5.41) is 9.63. The van der Waals surface area contributed by atoms with Gasteiger partial charge in [-0.1, -0.05) is 56.4 Å². The van der Waals surface area contributed by atoms with Crippen LogP contribution in [0.25, 0.3) is 0 Å². The molecule has 2 nitrogen and oxygen atoms in total. The molecule has 0 saturated carbocycles. The number of phenols is 1. The topological polar surface area (TPSA) is 32.8 Å². The first-order chi connectivity index (χ1) is 10.3. The molecule has 2 rings (SSSR count). The Balaban J connectivity index is 0.000000647. The van der Waals surface area contributed by atoms with E-state index in [4.69, 9.17) is 0 Å². The number of benzene rings is 1. The molecule has 0 atom stereocenters. The molecule has 1 fully saturated rings. The summed E-state index contributed by atoms with van der Waals surface area (Å²) < 4.78 is 4.50. The predicted molar refractivity (Wildman–Crippen MR) is 89.8 cm³/mol. The second-order valence-corrected chi connectivity index (χ2v) is 5.54. The average molecular weight is 290 g/mol. The molecule has 1 aliphatic rings. The van der Waals surface area contributed by atoms with Crippen LogP contribution in [-0.2, 0) is 11.2 Å². The Hall–Kier alpha value is -1.28. The lowest BCUT2D eigenvalue weighted by atomic mass is 10.0. The zero-order chi connectivity index (χ0) is 15.2. The molecule has 0 radical (unpaired) electrons. The Morgan fingerprint density at radius 2 is 1.52 bits per heavy atom. The summed E-state index contributed by atoms with van der Waals surface area (Å²) in [5.41, 5.74) is 1.09. The zero-order valence-corrected chi connectivity index (χ0v) is 13.2. The molecule has 0 aliphatic carbocycles. The average Bonchev–Trinajstić information content (AvgIpc) is 3.36. The fourth-order valence-electron chi connectivity index (χ4n) is 2.21. The van der Waals surface area contributed by atoms with Crippen molar-refractivity contribution in [3.8, 4) is 5.75 Å². The van der Waals surface area contributed by atoms with Crippen molar-refractivity contribution in [3.05, 3.63) is 42.5 Å². The maximum Gasteiger partial charge on any atom is 0.118 e. The Morgan fingerprint density at radius 3 is 2.10 bits per heavy atom. The van der Waals surface area contributed by atoms with E-state index >= 15 is 0 Å². The van der Waals surface area contributed by atoms with Gasteiger partial charge in [0.05, 0.1) is 13.2 Å². The first-order valence-corrected chi connectivity index (χ1v) is 8.30. The van der Waals surface area contributed by atoms with Crippen LogP contribution in [0.2, 0.25) is 0 Å². The number of allylic oxidation sites excluding steroid dienone is 1. The number of hydrogen-bond donors (Lipinski definition) is 1. The number of para-hydroxylation sites is 1. The van der Waals surface area contributed by atoms with E-state index in [2.05, 4.69) is 11.3 Å². The SMILES string of the molecule is C1CO1.C=CCCCCCCCCCc1ccccc1O. The van der Waals surface area contributed by atoms with Gasteiger partial charge >= 0.3 is 0 Å². The fraction of sp³-hybridized carbons (Fsp3) is 0.579. The van der Waals surface area contributed by atoms with Gasteiger partial charge < -0.3 is 9.84 Å². The van der Waals surface area contributed by atoms with Crippen LogP contribution in [0, 0.1) is 0 Å². The van der Waals surface area contributed by atoms with Crippen LogP contribution < -0.4 is 0 Å². The molecule has 0 bridgehead atoms. The summed E-state index contributed by atoms with van der Waals surface area (Å²) in [6.45, 7) is 5.73. The zero-order valence-electron chi connectivity index (χ0n) is 13.2. The number of aryl methyl sites for hydroxylation is 1. The standard InChI is InChI=1S/C17H26O.C2H4O/c1-2-3-4-5-6-7-8-9-10-13-16-14-11-12-15-17(16)18;1-2-3-1/h2,11-12,14-15,18H,1,3-10,13H2;1-2H2. The third-order valence-corrected chi connectivity index (χ3v) is 3.55. The molecule has 0 unspecified atom stereocenters. The molecule has 0 aromatic heterocycles. The quantitative estimate of drug-likeness (QED) is 0.362. The Morgan fingerprint density at radius 1 is 0.952 bits per heavy atom. The largest absolute Gasteiger partial charge is 0.508 e. The molecule has 118 valence electrons. The van der Waals surface area contributed by atoms with Crippen LogP contribution in [-0.4, -0.2) is 18.3 Å². The van der Waals surface area contributed by atoms with Gasteiger partial charge in [-0.2, -0.15) is 0 Å². The second-order valence-electron chi connectivity index (χ2n) is 5.54. The van der Waals surface area contributed by atoms with Crippen molar-refractivity contribution in [2.45, 2.75) is 57.8 Å². The number of epoxide rings is 1. The van der Waals surface area contributed by atoms with E-state index < -0.39 is 0 Å². The molecular weight excluding hydrogens is 260 g/mol. The van der Waals surface area contributed by atoms with E-state index in [-0.39, 0.29) is 0 Å². The lowest BCUT2D eigenvalue weighted by molar-refractivity contribution is 0.466. The minimum absolute atomic E-state index is 0.446. The van der Waals surface area contributed by atoms with Crippen LogP contribution in [0.3, 0.4) is 0 Å². The van der Waals surface area contributed by atoms with Crippen LogP contribution >= 0.6 is 0 Å². The van der Waals surface area contributed by atoms with Gasteiger partial charge in [0.15, 0.2) is 0 Å². The van der Waals surface area contributed by atoms with Gasteiger partial charge in [0.2, 0.25) is 0 Å². The minimum atomic E-state index is 0.446. The summed E-state index contributed by atoms with van der Waals surface area (Å²) in [5.74, 6) is 0.446. The van der Waals surface area contributed by atoms with Crippen LogP contribution in [0.15, 0.2) is 36.9 Å². The molecule has 1 heterocycles. The highest BCUT2D eigenvalue weighted by molar-refractivity contribution is 5.31. The normalized spacial score (nSPS) is 12.4. The molecule has 1 aromatic rings. The maximum absolute atomic E-state index is 9.63. The van der Waals surface area contributed by atoms with Crippen LogP contribution in [0.5, 0.6) is 5.75 Å². The predicted octanol–water partition coefficient (Wildman–Crippen LogP) is 5.26. The van der Waals surface area contributed by atoms with Crippen molar-refractivity contribution in [2.75, 3.05) is 13.2 Å². The van der Waals surface area contributed by atoms with Gasteiger partial charge in [-0.3, -0.25) is 0 Å². The number of unbranched alkanes of at least 4 members (excludes halogenated alkanes) is 7. The molecule has 2 heteroatoms. The molecular formula is C19H30O2. The van der Waals surface area contributed by atoms with E-state index in [0.29, 0.717) is 5.75 Å². The van der Waals surface area contributed by atoms with Gasteiger partial charge in [0.1, 0.15) is 5.75 Å². The molecule has 1 aliphatic heterocycles. The summed E-state index contributed by atoms with van der Waals surface area (Å²) in [6.07, 6.45) is 13.3. The molecule has 0 amide bonds. The second kappa shape index (κ2) is 12.5. The summed E-state index contributed by atoms with van der Waals surface area (Å²) in [4.78, 5) is 0. The number of hydrogen-bond acceptors (Lipinski definition) is 2. The number of phenolic OH excluding ortho intramolecular Hbond substituents is 1. The highest BCUT2D eigenvalue weighted by atomic mass is 16.6. The third-order valence-electron chi connectivity index (χ3n) is 3.55. The summed E-state index contributed by atoms with van der Waals surface area (Å²) in [6, 6.07) is 7.66. The molecule has 1 aromatic carbocycles. The summed E-state index contributed by atoms with van der Waals surface area (Å²) >= 11 is 0. The smallest absolute Gasteiger partial charge is 0.118 e. The molecule has 1 saturated heterocycles. The highest BCUT2D eigenvalue weighted by Crippen LogP contribution is 2.18. The van der Waals surface area contributed by atoms with Crippen molar-refractivity contribution >= 4 is 0 Å². The van der Waals surface area contributed by atoms with Gasteiger partial charge in [0, 0.05) is 0 Å². The fourth-order valence-corrected chi connectivity index (χ4v) is 2.21. The van der Waals surface area contributed by atoms with Crippen molar-refractivity contribution in [2.24, 2.45) is 0 Å². The van der Waals surface area contributed by atoms with Crippen molar-refractivity contribution < 1.29 is 9.84 Å². The van der Waals surface area contributed by atoms with Gasteiger partial charge in [-0.15, -0.1) is 6.58 Å². The first kappa shape index (κ1) is 17.8. The first-order valence-electron chi connectivity index (χ1n) is 8.30. The lowest BCUT2D eigenvalue weighted by Crippen LogP contribution is -1.87. The van der Waals surface area contributed by atoms with E-state index in [1.54, 1.807) is 6.07 Å². The van der Waals surface area contributed by atoms with E-state index in [9.17, 15) is 5.11 Å². The number of rotatable bonds is 10. The molecule has 21 heavy (non-hydrogen) atoms. The third kappa shape index (κ3) is 11.1. The lowest BCUT2D eigenvalue weighted by Gasteiger charge is -2.04. The van der Waals surface area contributed by atoms with Gasteiger partial charge in [-0.25, -0.2) is 0 Å². The highest BCUT2D eigenvalue weighted by Gasteiger charge is 1.99. The van der Waals surface area contributed by atoms with E-state index in [0.717, 1.165) is 31.6 Å². The Labute approximate surface area is 129 Å². The number of ether oxygens (including phenoxy) is 1. The van der Waals surface area contributed by atoms with Gasteiger partial charge in [0.25, 0.3) is 0 Å². The van der Waals surface area contributed by atoms with Crippen molar-refractivity contribution in [1.29, 1.82) is 0 Å². The van der Waals surface area contributed by atoms with Crippen molar-refractivity contribution in [3.63, 3.8) is 0 Å². The molecule has 1 N–H and O–H groups in total. The van der Waals surface area contributed by atoms with Crippen LogP contribution in [0.1, 0.15) is 56.9 Å². The molecule has 0 spiro atoms. The number of aromatic hydroxyl groups is 1.